The van der Waals surface area contributed by atoms with Crippen LogP contribution in [-0.4, -0.2) is 31.4 Å². The highest BCUT2D eigenvalue weighted by Gasteiger charge is 2.38. The van der Waals surface area contributed by atoms with E-state index in [-0.39, 0.29) is 12.4 Å². The van der Waals surface area contributed by atoms with Crippen molar-refractivity contribution in [3.8, 4) is 11.1 Å². The molecule has 1 unspecified atom stereocenters. The van der Waals surface area contributed by atoms with Gasteiger partial charge >= 0.3 is 11.9 Å². The van der Waals surface area contributed by atoms with E-state index in [4.69, 9.17) is 15.2 Å². The first kappa shape index (κ1) is 26.9. The third-order valence-electron chi connectivity index (χ3n) is 6.89. The number of methoxy groups -OCH3 is 1. The predicted molar refractivity (Wildman–Crippen MR) is 157 cm³/mol. The second kappa shape index (κ2) is 11.2. The first-order valence-electron chi connectivity index (χ1n) is 12.8. The fraction of sp³-hybridized carbons (Fsp3) is 0.156. The summed E-state index contributed by atoms with van der Waals surface area (Å²) in [6.45, 7) is 3.75. The van der Waals surface area contributed by atoms with Gasteiger partial charge in [-0.25, -0.2) is 9.59 Å². The molecule has 0 radical (unpaired) electrons. The van der Waals surface area contributed by atoms with Crippen molar-refractivity contribution in [3.63, 3.8) is 0 Å². The molecule has 40 heavy (non-hydrogen) atoms. The minimum Gasteiger partial charge on any atom is -0.465 e. The molecule has 8 heteroatoms. The minimum atomic E-state index is -0.597. The molecule has 7 nitrogen and oxygen atoms in total. The Labute approximate surface area is 236 Å². The van der Waals surface area contributed by atoms with Crippen LogP contribution in [0.4, 0.5) is 10.7 Å². The molecule has 3 aromatic carbocycles. The predicted octanol–water partition coefficient (Wildman–Crippen LogP) is 6.41. The maximum absolute atomic E-state index is 13.7. The average Bonchev–Trinajstić information content (AvgIpc) is 3.31. The molecule has 0 fully saturated rings. The van der Waals surface area contributed by atoms with Crippen LogP contribution in [0.2, 0.25) is 0 Å². The Morgan fingerprint density at radius 2 is 1.50 bits per heavy atom. The van der Waals surface area contributed by atoms with E-state index in [1.807, 2.05) is 42.5 Å². The van der Waals surface area contributed by atoms with Gasteiger partial charge in [0.05, 0.1) is 35.5 Å². The molecule has 1 atom stereocenters. The molecule has 0 amide bonds. The van der Waals surface area contributed by atoms with Crippen molar-refractivity contribution in [1.29, 1.82) is 0 Å². The van der Waals surface area contributed by atoms with Gasteiger partial charge in [0.15, 0.2) is 0 Å². The second-order valence-electron chi connectivity index (χ2n) is 9.29. The van der Waals surface area contributed by atoms with Crippen molar-refractivity contribution in [2.75, 3.05) is 24.8 Å². The van der Waals surface area contributed by atoms with Crippen molar-refractivity contribution in [2.24, 2.45) is 0 Å². The third-order valence-corrected chi connectivity index (χ3v) is 8.02. The minimum absolute atomic E-state index is 0.201. The first-order chi connectivity index (χ1) is 19.3. The Morgan fingerprint density at radius 3 is 2.12 bits per heavy atom. The summed E-state index contributed by atoms with van der Waals surface area (Å²) in [6, 6.07) is 24.2. The van der Waals surface area contributed by atoms with Gasteiger partial charge in [0.1, 0.15) is 4.88 Å². The van der Waals surface area contributed by atoms with E-state index in [0.717, 1.165) is 16.7 Å². The number of hydrogen-bond donors (Lipinski definition) is 2. The van der Waals surface area contributed by atoms with E-state index in [1.54, 1.807) is 50.2 Å². The summed E-state index contributed by atoms with van der Waals surface area (Å²) in [7, 11) is 1.32. The number of carbonyl (C=O) groups is 3. The molecule has 0 bridgehead atoms. The topological polar surface area (TPSA) is 108 Å². The normalized spacial score (nSPS) is 14.2. The highest BCUT2D eigenvalue weighted by Crippen LogP contribution is 2.50. The Morgan fingerprint density at radius 1 is 0.875 bits per heavy atom. The number of nitrogen functional groups attached to an aromatic ring is 1. The maximum atomic E-state index is 13.7. The first-order valence-corrected chi connectivity index (χ1v) is 13.6. The number of ketones is 1. The van der Waals surface area contributed by atoms with Gasteiger partial charge < -0.3 is 20.5 Å². The van der Waals surface area contributed by atoms with Crippen LogP contribution in [0.25, 0.3) is 11.1 Å². The Balaban J connectivity index is 1.56. The lowest BCUT2D eigenvalue weighted by molar-refractivity contribution is -0.138. The molecule has 1 aromatic heterocycles. The largest absolute Gasteiger partial charge is 0.465 e. The number of ether oxygens (including phenoxy) is 2. The summed E-state index contributed by atoms with van der Waals surface area (Å²) in [6.07, 6.45) is 0. The van der Waals surface area contributed by atoms with Crippen LogP contribution >= 0.6 is 11.3 Å². The lowest BCUT2D eigenvalue weighted by atomic mass is 9.81. The number of carbonyl (C=O) groups excluding carboxylic acids is 3. The van der Waals surface area contributed by atoms with Crippen molar-refractivity contribution in [2.45, 2.75) is 19.8 Å². The molecular weight excluding hydrogens is 524 g/mol. The third kappa shape index (κ3) is 4.89. The van der Waals surface area contributed by atoms with Crippen LogP contribution in [0.15, 0.2) is 90.1 Å². The highest BCUT2D eigenvalue weighted by molar-refractivity contribution is 7.19. The van der Waals surface area contributed by atoms with Crippen molar-refractivity contribution in [3.05, 3.63) is 117 Å². The molecule has 1 aliphatic heterocycles. The highest BCUT2D eigenvalue weighted by atomic mass is 32.1. The number of allylic oxidation sites excluding steroid dienone is 1. The second-order valence-corrected chi connectivity index (χ2v) is 10.3. The van der Waals surface area contributed by atoms with Crippen molar-refractivity contribution in [1.82, 2.24) is 0 Å². The van der Waals surface area contributed by atoms with Crippen LogP contribution in [-0.2, 0) is 14.3 Å². The molecule has 4 aromatic rings. The summed E-state index contributed by atoms with van der Waals surface area (Å²) in [5.74, 6) is -1.74. The van der Waals surface area contributed by atoms with Crippen molar-refractivity contribution >= 4 is 39.7 Å². The fourth-order valence-corrected chi connectivity index (χ4v) is 6.10. The van der Waals surface area contributed by atoms with Crippen molar-refractivity contribution < 1.29 is 23.9 Å². The van der Waals surface area contributed by atoms with Crippen LogP contribution in [0.3, 0.4) is 0 Å². The molecule has 0 aliphatic carbocycles. The molecular formula is C32H28N2O5S. The Kier molecular flexibility index (Phi) is 7.53. The number of benzene rings is 3. The standard InChI is InChI=1S/C32H28N2O5S/c1-4-39-32(37)24-18(2)34-30-26(25(24)21-12-16-23(17-13-21)31(36)38-3)27(33)29(40-30)28(35)22-14-10-20(11-15-22)19-8-6-5-7-9-19/h5-17,25,34H,4,33H2,1-3H3. The molecule has 1 aliphatic rings. The van der Waals surface area contributed by atoms with E-state index in [1.165, 1.54) is 18.4 Å². The van der Waals surface area contributed by atoms with E-state index < -0.39 is 17.9 Å². The molecule has 0 saturated heterocycles. The fourth-order valence-electron chi connectivity index (χ4n) is 4.92. The number of hydrogen-bond acceptors (Lipinski definition) is 8. The summed E-state index contributed by atoms with van der Waals surface area (Å²) in [5, 5.41) is 3.97. The van der Waals surface area contributed by atoms with Crippen LogP contribution < -0.4 is 11.1 Å². The SMILES string of the molecule is CCOC(=O)C1=C(C)Nc2sc(C(=O)c3ccc(-c4ccccc4)cc3)c(N)c2C1c1ccc(C(=O)OC)cc1. The molecule has 2 heterocycles. The van der Waals surface area contributed by atoms with E-state index in [0.29, 0.717) is 43.5 Å². The lowest BCUT2D eigenvalue weighted by Gasteiger charge is -2.28. The number of thiophene rings is 1. The average molecular weight is 553 g/mol. The zero-order valence-corrected chi connectivity index (χ0v) is 23.1. The van der Waals surface area contributed by atoms with E-state index >= 15 is 0 Å². The molecule has 3 N–H and O–H groups in total. The van der Waals surface area contributed by atoms with Crippen LogP contribution in [0.5, 0.6) is 0 Å². The van der Waals surface area contributed by atoms with Gasteiger partial charge in [-0.1, -0.05) is 66.7 Å². The van der Waals surface area contributed by atoms with Gasteiger partial charge in [-0.05, 0) is 42.7 Å². The smallest absolute Gasteiger partial charge is 0.337 e. The van der Waals surface area contributed by atoms with Gasteiger partial charge in [0, 0.05) is 22.7 Å². The number of anilines is 2. The van der Waals surface area contributed by atoms with Gasteiger partial charge in [0.2, 0.25) is 5.78 Å². The number of nitrogens with two attached hydrogens (primary N) is 1. The number of fused-ring (bicyclic) bond motifs is 1. The Bertz CT molecular complexity index is 1620. The van der Waals surface area contributed by atoms with Gasteiger partial charge in [-0.15, -0.1) is 11.3 Å². The van der Waals surface area contributed by atoms with Gasteiger partial charge in [-0.2, -0.15) is 0 Å². The molecule has 0 spiro atoms. The summed E-state index contributed by atoms with van der Waals surface area (Å²) < 4.78 is 10.2. The zero-order chi connectivity index (χ0) is 28.4. The number of nitrogens with one attached hydrogen (secondary N) is 1. The summed E-state index contributed by atoms with van der Waals surface area (Å²) >= 11 is 1.26. The summed E-state index contributed by atoms with van der Waals surface area (Å²) in [5.41, 5.74) is 12.3. The molecule has 0 saturated carbocycles. The number of esters is 2. The van der Waals surface area contributed by atoms with Crippen LogP contribution in [0, 0.1) is 0 Å². The Hall–Kier alpha value is -4.69. The van der Waals surface area contributed by atoms with Gasteiger partial charge in [0.25, 0.3) is 0 Å². The molecule has 202 valence electrons. The lowest BCUT2D eigenvalue weighted by Crippen LogP contribution is -2.24. The monoisotopic (exact) mass is 552 g/mol. The van der Waals surface area contributed by atoms with Gasteiger partial charge in [-0.3, -0.25) is 4.79 Å². The number of rotatable bonds is 7. The molecule has 5 rings (SSSR count). The zero-order valence-electron chi connectivity index (χ0n) is 22.3. The van der Waals surface area contributed by atoms with E-state index in [2.05, 4.69) is 5.32 Å². The quantitative estimate of drug-likeness (QED) is 0.201. The summed E-state index contributed by atoms with van der Waals surface area (Å²) in [4.78, 5) is 39.2. The van der Waals surface area contributed by atoms with E-state index in [9.17, 15) is 14.4 Å². The van der Waals surface area contributed by atoms with Crippen LogP contribution in [0.1, 0.15) is 56.5 Å². The maximum Gasteiger partial charge on any atom is 0.337 e.